The maximum Gasteiger partial charge on any atom is 0.317 e. The molecule has 0 aromatic heterocycles. The van der Waals surface area contributed by atoms with Crippen molar-refractivity contribution in [2.24, 2.45) is 0 Å². The van der Waals surface area contributed by atoms with Gasteiger partial charge in [0.05, 0.1) is 0 Å². The Hall–Kier alpha value is -2.82. The van der Waals surface area contributed by atoms with E-state index in [4.69, 9.17) is 5.11 Å². The Kier molecular flexibility index (Phi) is 6.47. The Morgan fingerprint density at radius 1 is 1.07 bits per heavy atom. The van der Waals surface area contributed by atoms with Crippen LogP contribution in [0.5, 0.6) is 0 Å². The molecule has 5 heteroatoms. The number of carboxylic acids is 1. The van der Waals surface area contributed by atoms with E-state index >= 15 is 0 Å². The van der Waals surface area contributed by atoms with Crippen LogP contribution in [0.4, 0.5) is 4.79 Å². The highest BCUT2D eigenvalue weighted by Gasteiger charge is 2.28. The van der Waals surface area contributed by atoms with Crippen LogP contribution in [-0.4, -0.2) is 41.1 Å². The number of carbonyl (C=O) groups is 2. The molecule has 2 amide bonds. The molecule has 2 aromatic carbocycles. The average Bonchev–Trinajstić information content (AvgIpc) is 3.18. The second-order valence-corrected chi connectivity index (χ2v) is 7.11. The van der Waals surface area contributed by atoms with E-state index < -0.39 is 5.97 Å². The van der Waals surface area contributed by atoms with Gasteiger partial charge in [-0.25, -0.2) is 4.79 Å². The van der Waals surface area contributed by atoms with E-state index in [0.717, 1.165) is 18.5 Å². The van der Waals surface area contributed by atoms with Gasteiger partial charge in [-0.3, -0.25) is 4.79 Å². The molecule has 3 rings (SSSR count). The molecule has 1 heterocycles. The predicted molar refractivity (Wildman–Crippen MR) is 105 cm³/mol. The van der Waals surface area contributed by atoms with Gasteiger partial charge in [0.1, 0.15) is 0 Å². The molecule has 1 saturated heterocycles. The zero-order valence-corrected chi connectivity index (χ0v) is 15.4. The monoisotopic (exact) mass is 366 g/mol. The smallest absolute Gasteiger partial charge is 0.317 e. The average molecular weight is 366 g/mol. The summed E-state index contributed by atoms with van der Waals surface area (Å²) < 4.78 is 0. The highest BCUT2D eigenvalue weighted by atomic mass is 16.4. The molecule has 2 aromatic rings. The minimum absolute atomic E-state index is 0.0461. The third-order valence-electron chi connectivity index (χ3n) is 5.11. The first-order chi connectivity index (χ1) is 13.1. The van der Waals surface area contributed by atoms with E-state index in [-0.39, 0.29) is 18.5 Å². The number of aliphatic carboxylic acids is 1. The van der Waals surface area contributed by atoms with Crippen molar-refractivity contribution in [1.82, 2.24) is 10.2 Å². The maximum absolute atomic E-state index is 12.7. The highest BCUT2D eigenvalue weighted by Crippen LogP contribution is 2.27. The molecule has 1 aliphatic rings. The molecule has 2 atom stereocenters. The number of hydrogen-bond donors (Lipinski definition) is 2. The Balaban J connectivity index is 1.59. The number of nitrogens with one attached hydrogen (secondary N) is 1. The van der Waals surface area contributed by atoms with Crippen molar-refractivity contribution in [3.8, 4) is 0 Å². The molecule has 1 fully saturated rings. The van der Waals surface area contributed by atoms with Gasteiger partial charge in [-0.1, -0.05) is 60.7 Å². The van der Waals surface area contributed by atoms with Gasteiger partial charge < -0.3 is 15.3 Å². The van der Waals surface area contributed by atoms with Crippen molar-refractivity contribution in [2.45, 2.75) is 37.6 Å². The Morgan fingerprint density at radius 3 is 2.41 bits per heavy atom. The molecular weight excluding hydrogens is 340 g/mol. The first-order valence-corrected chi connectivity index (χ1v) is 9.48. The van der Waals surface area contributed by atoms with Crippen LogP contribution >= 0.6 is 0 Å². The standard InChI is InChI=1S/C22H26N2O3/c25-21(26)12-11-20(15-17-7-3-1-4-8-17)23-22(27)24-14-13-19(16-24)18-9-5-2-6-10-18/h1-10,19-20H,11-16H2,(H,23,27)(H,25,26). The largest absolute Gasteiger partial charge is 0.481 e. The zero-order valence-electron chi connectivity index (χ0n) is 15.4. The van der Waals surface area contributed by atoms with Crippen LogP contribution in [0.25, 0.3) is 0 Å². The number of rotatable bonds is 7. The summed E-state index contributed by atoms with van der Waals surface area (Å²) in [6.45, 7) is 1.43. The van der Waals surface area contributed by atoms with Gasteiger partial charge in [-0.15, -0.1) is 0 Å². The van der Waals surface area contributed by atoms with Crippen LogP contribution in [0.2, 0.25) is 0 Å². The molecule has 0 radical (unpaired) electrons. The third kappa shape index (κ3) is 5.58. The molecule has 27 heavy (non-hydrogen) atoms. The predicted octanol–water partition coefficient (Wildman–Crippen LogP) is 3.66. The quantitative estimate of drug-likeness (QED) is 0.786. The fourth-order valence-electron chi connectivity index (χ4n) is 3.63. The number of carboxylic acid groups (broad SMARTS) is 1. The van der Waals surface area contributed by atoms with Gasteiger partial charge in [-0.05, 0) is 30.4 Å². The number of carbonyl (C=O) groups excluding carboxylic acids is 1. The van der Waals surface area contributed by atoms with Crippen LogP contribution in [0.3, 0.4) is 0 Å². The summed E-state index contributed by atoms with van der Waals surface area (Å²) in [4.78, 5) is 25.6. The van der Waals surface area contributed by atoms with E-state index in [1.54, 1.807) is 0 Å². The van der Waals surface area contributed by atoms with Crippen molar-refractivity contribution < 1.29 is 14.7 Å². The second-order valence-electron chi connectivity index (χ2n) is 7.11. The Morgan fingerprint density at radius 2 is 1.74 bits per heavy atom. The van der Waals surface area contributed by atoms with Gasteiger partial charge in [0, 0.05) is 31.5 Å². The summed E-state index contributed by atoms with van der Waals surface area (Å²) >= 11 is 0. The first kappa shape index (κ1) is 19.0. The van der Waals surface area contributed by atoms with Crippen LogP contribution < -0.4 is 5.32 Å². The number of hydrogen-bond acceptors (Lipinski definition) is 2. The van der Waals surface area contributed by atoms with E-state index in [9.17, 15) is 9.59 Å². The third-order valence-corrected chi connectivity index (χ3v) is 5.11. The van der Waals surface area contributed by atoms with Crippen molar-refractivity contribution >= 4 is 12.0 Å². The van der Waals surface area contributed by atoms with Crippen molar-refractivity contribution in [3.05, 3.63) is 71.8 Å². The highest BCUT2D eigenvalue weighted by molar-refractivity contribution is 5.75. The molecule has 0 spiro atoms. The number of likely N-dealkylation sites (tertiary alicyclic amines) is 1. The van der Waals surface area contributed by atoms with Gasteiger partial charge in [0.2, 0.25) is 0 Å². The number of nitrogens with zero attached hydrogens (tertiary/aromatic N) is 1. The first-order valence-electron chi connectivity index (χ1n) is 9.48. The molecule has 0 aliphatic carbocycles. The molecular formula is C22H26N2O3. The minimum atomic E-state index is -0.840. The van der Waals surface area contributed by atoms with Crippen molar-refractivity contribution in [3.63, 3.8) is 0 Å². The minimum Gasteiger partial charge on any atom is -0.481 e. The van der Waals surface area contributed by atoms with E-state index in [1.807, 2.05) is 53.4 Å². The van der Waals surface area contributed by atoms with Crippen molar-refractivity contribution in [1.29, 1.82) is 0 Å². The van der Waals surface area contributed by atoms with Gasteiger partial charge in [0.15, 0.2) is 0 Å². The van der Waals surface area contributed by atoms with E-state index in [0.29, 0.717) is 25.3 Å². The van der Waals surface area contributed by atoms with Crippen LogP contribution in [0.15, 0.2) is 60.7 Å². The van der Waals surface area contributed by atoms with E-state index in [1.165, 1.54) is 5.56 Å². The van der Waals surface area contributed by atoms with Gasteiger partial charge in [-0.2, -0.15) is 0 Å². The SMILES string of the molecule is O=C(O)CCC(Cc1ccccc1)NC(=O)N1CCC(c2ccccc2)C1. The van der Waals surface area contributed by atoms with Crippen LogP contribution in [-0.2, 0) is 11.2 Å². The molecule has 0 bridgehead atoms. The molecule has 142 valence electrons. The molecule has 0 saturated carbocycles. The molecule has 1 aliphatic heterocycles. The number of urea groups is 1. The summed E-state index contributed by atoms with van der Waals surface area (Å²) in [6.07, 6.45) is 2.06. The van der Waals surface area contributed by atoms with Crippen LogP contribution in [0, 0.1) is 0 Å². The summed E-state index contributed by atoms with van der Waals surface area (Å²) in [5, 5.41) is 12.1. The molecule has 2 N–H and O–H groups in total. The normalized spacial score (nSPS) is 17.5. The fraction of sp³-hybridized carbons (Fsp3) is 0.364. The Bertz CT molecular complexity index is 749. The van der Waals surface area contributed by atoms with Crippen LogP contribution in [0.1, 0.15) is 36.3 Å². The van der Waals surface area contributed by atoms with Crippen molar-refractivity contribution in [2.75, 3.05) is 13.1 Å². The summed E-state index contributed by atoms with van der Waals surface area (Å²) in [7, 11) is 0. The maximum atomic E-state index is 12.7. The lowest BCUT2D eigenvalue weighted by molar-refractivity contribution is -0.137. The van der Waals surface area contributed by atoms with E-state index in [2.05, 4.69) is 17.4 Å². The lowest BCUT2D eigenvalue weighted by Gasteiger charge is -2.23. The van der Waals surface area contributed by atoms with Gasteiger partial charge >= 0.3 is 12.0 Å². The zero-order chi connectivity index (χ0) is 19.1. The lowest BCUT2D eigenvalue weighted by atomic mass is 9.99. The van der Waals surface area contributed by atoms with Gasteiger partial charge in [0.25, 0.3) is 0 Å². The molecule has 5 nitrogen and oxygen atoms in total. The fourth-order valence-corrected chi connectivity index (χ4v) is 3.63. The Labute approximate surface area is 160 Å². The lowest BCUT2D eigenvalue weighted by Crippen LogP contribution is -2.44. The topological polar surface area (TPSA) is 69.6 Å². The second kappa shape index (κ2) is 9.21. The summed E-state index contributed by atoms with van der Waals surface area (Å²) in [5.41, 5.74) is 2.36. The summed E-state index contributed by atoms with van der Waals surface area (Å²) in [6, 6.07) is 19.8. The molecule has 2 unspecified atom stereocenters. The number of benzene rings is 2. The summed E-state index contributed by atoms with van der Waals surface area (Å²) in [5.74, 6) is -0.476. The number of amides is 2.